The maximum atomic E-state index is 13.5. The number of carbonyl (C=O) groups excluding carboxylic acids is 1. The Morgan fingerprint density at radius 2 is 1.92 bits per heavy atom. The molecule has 0 saturated heterocycles. The number of carboxylic acid groups (broad SMARTS) is 1. The van der Waals surface area contributed by atoms with Crippen LogP contribution in [0.3, 0.4) is 0 Å². The summed E-state index contributed by atoms with van der Waals surface area (Å²) in [5.74, 6) is -0.804. The summed E-state index contributed by atoms with van der Waals surface area (Å²) in [5.41, 5.74) is 1.30. The van der Waals surface area contributed by atoms with E-state index in [2.05, 4.69) is 5.32 Å². The van der Waals surface area contributed by atoms with Gasteiger partial charge in [-0.25, -0.2) is 4.39 Å². The van der Waals surface area contributed by atoms with Gasteiger partial charge in [-0.05, 0) is 48.6 Å². The Labute approximate surface area is 155 Å². The van der Waals surface area contributed by atoms with Crippen molar-refractivity contribution in [3.05, 3.63) is 59.4 Å². The third-order valence-electron chi connectivity index (χ3n) is 3.59. The van der Waals surface area contributed by atoms with Crippen molar-refractivity contribution in [2.24, 2.45) is 0 Å². The fraction of sp³-hybridized carbons (Fsp3) is 0.263. The third kappa shape index (κ3) is 6.07. The highest BCUT2D eigenvalue weighted by Crippen LogP contribution is 2.20. The molecule has 0 bridgehead atoms. The molecule has 0 radical (unpaired) electrons. The van der Waals surface area contributed by atoms with Crippen LogP contribution in [0.1, 0.15) is 28.8 Å². The Hall–Kier alpha value is -2.54. The molecule has 0 fully saturated rings. The van der Waals surface area contributed by atoms with E-state index >= 15 is 0 Å². The molecular formula is C19H20FNO4S. The number of halogens is 1. The molecule has 0 unspecified atom stereocenters. The van der Waals surface area contributed by atoms with E-state index in [4.69, 9.17) is 9.84 Å². The van der Waals surface area contributed by atoms with Crippen LogP contribution in [0.2, 0.25) is 0 Å². The van der Waals surface area contributed by atoms with E-state index in [0.717, 1.165) is 5.56 Å². The van der Waals surface area contributed by atoms with Gasteiger partial charge in [0.25, 0.3) is 5.91 Å². The van der Waals surface area contributed by atoms with Gasteiger partial charge in [-0.2, -0.15) is 0 Å². The summed E-state index contributed by atoms with van der Waals surface area (Å²) in [6.07, 6.45) is 2.28. The predicted molar refractivity (Wildman–Crippen MR) is 98.2 cm³/mol. The van der Waals surface area contributed by atoms with Crippen LogP contribution in [-0.2, 0) is 11.3 Å². The highest BCUT2D eigenvalue weighted by atomic mass is 32.2. The Balaban J connectivity index is 1.83. The second-order valence-corrected chi connectivity index (χ2v) is 6.37. The predicted octanol–water partition coefficient (Wildman–Crippen LogP) is 3.72. The van der Waals surface area contributed by atoms with Crippen molar-refractivity contribution in [2.75, 3.05) is 12.9 Å². The minimum absolute atomic E-state index is 0.0752. The SMILES string of the molecule is CSc1cc(C(=O)NCc2ccc(OCCCC(=O)O)cc2)ccc1F. The molecular weight excluding hydrogens is 357 g/mol. The summed E-state index contributed by atoms with van der Waals surface area (Å²) in [6, 6.07) is 11.5. The van der Waals surface area contributed by atoms with Crippen LogP contribution in [0.15, 0.2) is 47.4 Å². The lowest BCUT2D eigenvalue weighted by Crippen LogP contribution is -2.22. The molecule has 0 aliphatic heterocycles. The van der Waals surface area contributed by atoms with Crippen LogP contribution in [0, 0.1) is 5.82 Å². The molecule has 0 atom stereocenters. The first-order valence-corrected chi connectivity index (χ1v) is 9.27. The molecule has 26 heavy (non-hydrogen) atoms. The number of ether oxygens (including phenoxy) is 1. The molecule has 2 N–H and O–H groups in total. The van der Waals surface area contributed by atoms with Crippen molar-refractivity contribution >= 4 is 23.6 Å². The Morgan fingerprint density at radius 3 is 2.58 bits per heavy atom. The zero-order valence-electron chi connectivity index (χ0n) is 14.3. The highest BCUT2D eigenvalue weighted by Gasteiger charge is 2.09. The number of nitrogens with one attached hydrogen (secondary N) is 1. The summed E-state index contributed by atoms with van der Waals surface area (Å²) < 4.78 is 18.9. The second-order valence-electron chi connectivity index (χ2n) is 5.52. The van der Waals surface area contributed by atoms with Gasteiger partial charge < -0.3 is 15.2 Å². The number of carboxylic acids is 1. The molecule has 1 amide bonds. The van der Waals surface area contributed by atoms with E-state index in [9.17, 15) is 14.0 Å². The van der Waals surface area contributed by atoms with Crippen LogP contribution < -0.4 is 10.1 Å². The smallest absolute Gasteiger partial charge is 0.303 e. The molecule has 0 aliphatic carbocycles. The summed E-state index contributed by atoms with van der Waals surface area (Å²) in [6.45, 7) is 0.675. The number of amides is 1. The van der Waals surface area contributed by atoms with Crippen molar-refractivity contribution in [2.45, 2.75) is 24.3 Å². The Morgan fingerprint density at radius 1 is 1.19 bits per heavy atom. The lowest BCUT2D eigenvalue weighted by Gasteiger charge is -2.09. The Bertz CT molecular complexity index is 765. The molecule has 0 saturated carbocycles. The molecule has 0 heterocycles. The number of hydrogen-bond acceptors (Lipinski definition) is 4. The monoisotopic (exact) mass is 377 g/mol. The molecule has 0 spiro atoms. The van der Waals surface area contributed by atoms with E-state index < -0.39 is 5.97 Å². The fourth-order valence-electron chi connectivity index (χ4n) is 2.20. The number of rotatable bonds is 9. The van der Waals surface area contributed by atoms with Gasteiger partial charge in [-0.15, -0.1) is 11.8 Å². The van der Waals surface area contributed by atoms with Gasteiger partial charge in [-0.3, -0.25) is 9.59 Å². The third-order valence-corrected chi connectivity index (χ3v) is 4.35. The summed E-state index contributed by atoms with van der Waals surface area (Å²) >= 11 is 1.25. The van der Waals surface area contributed by atoms with Gasteiger partial charge in [-0.1, -0.05) is 12.1 Å². The zero-order valence-corrected chi connectivity index (χ0v) is 15.1. The number of aliphatic carboxylic acids is 1. The number of hydrogen-bond donors (Lipinski definition) is 2. The standard InChI is InChI=1S/C19H20FNO4S/c1-26-17-11-14(6-9-16(17)20)19(24)21-12-13-4-7-15(8-5-13)25-10-2-3-18(22)23/h4-9,11H,2-3,10,12H2,1H3,(H,21,24)(H,22,23). The average molecular weight is 377 g/mol. The van der Waals surface area contributed by atoms with Gasteiger partial charge in [0.15, 0.2) is 0 Å². The summed E-state index contributed by atoms with van der Waals surface area (Å²) in [4.78, 5) is 23.0. The maximum absolute atomic E-state index is 13.5. The molecule has 5 nitrogen and oxygen atoms in total. The lowest BCUT2D eigenvalue weighted by atomic mass is 10.2. The van der Waals surface area contributed by atoms with Gasteiger partial charge in [0.2, 0.25) is 0 Å². The first-order valence-electron chi connectivity index (χ1n) is 8.05. The van der Waals surface area contributed by atoms with E-state index in [1.807, 2.05) is 12.1 Å². The molecule has 2 aromatic carbocycles. The van der Waals surface area contributed by atoms with Crippen molar-refractivity contribution in [1.82, 2.24) is 5.32 Å². The van der Waals surface area contributed by atoms with E-state index in [-0.39, 0.29) is 18.1 Å². The maximum Gasteiger partial charge on any atom is 0.303 e. The minimum Gasteiger partial charge on any atom is -0.494 e. The first kappa shape index (κ1) is 19.8. The largest absolute Gasteiger partial charge is 0.494 e. The van der Waals surface area contributed by atoms with Crippen molar-refractivity contribution < 1.29 is 23.8 Å². The van der Waals surface area contributed by atoms with Crippen LogP contribution in [-0.4, -0.2) is 29.8 Å². The molecule has 7 heteroatoms. The van der Waals surface area contributed by atoms with Crippen molar-refractivity contribution in [3.8, 4) is 5.75 Å². The van der Waals surface area contributed by atoms with Gasteiger partial charge in [0, 0.05) is 23.4 Å². The highest BCUT2D eigenvalue weighted by molar-refractivity contribution is 7.98. The topological polar surface area (TPSA) is 75.6 Å². The average Bonchev–Trinajstić information content (AvgIpc) is 2.64. The van der Waals surface area contributed by atoms with E-state index in [1.165, 1.54) is 30.0 Å². The van der Waals surface area contributed by atoms with Crippen LogP contribution >= 0.6 is 11.8 Å². The van der Waals surface area contributed by atoms with Crippen LogP contribution in [0.5, 0.6) is 5.75 Å². The lowest BCUT2D eigenvalue weighted by molar-refractivity contribution is -0.137. The van der Waals surface area contributed by atoms with Gasteiger partial charge in [0.05, 0.1) is 6.61 Å². The van der Waals surface area contributed by atoms with E-state index in [0.29, 0.717) is 35.8 Å². The fourth-order valence-corrected chi connectivity index (χ4v) is 2.71. The van der Waals surface area contributed by atoms with E-state index in [1.54, 1.807) is 18.4 Å². The molecule has 138 valence electrons. The van der Waals surface area contributed by atoms with Crippen molar-refractivity contribution in [1.29, 1.82) is 0 Å². The van der Waals surface area contributed by atoms with Crippen LogP contribution in [0.4, 0.5) is 4.39 Å². The first-order chi connectivity index (χ1) is 12.5. The Kier molecular flexibility index (Phi) is 7.47. The van der Waals surface area contributed by atoms with Crippen LogP contribution in [0.25, 0.3) is 0 Å². The molecule has 2 aromatic rings. The summed E-state index contributed by atoms with van der Waals surface area (Å²) in [7, 11) is 0. The zero-order chi connectivity index (χ0) is 18.9. The number of thioether (sulfide) groups is 1. The minimum atomic E-state index is -0.842. The summed E-state index contributed by atoms with van der Waals surface area (Å²) in [5, 5.41) is 11.4. The molecule has 0 aliphatic rings. The van der Waals surface area contributed by atoms with Gasteiger partial charge >= 0.3 is 5.97 Å². The quantitative estimate of drug-likeness (QED) is 0.515. The van der Waals surface area contributed by atoms with Crippen molar-refractivity contribution in [3.63, 3.8) is 0 Å². The second kappa shape index (κ2) is 9.82. The molecule has 2 rings (SSSR count). The normalized spacial score (nSPS) is 10.4. The molecule has 0 aromatic heterocycles. The number of benzene rings is 2. The van der Waals surface area contributed by atoms with Gasteiger partial charge in [0.1, 0.15) is 11.6 Å². The number of carbonyl (C=O) groups is 2.